The third-order valence-corrected chi connectivity index (χ3v) is 4.40. The average Bonchev–Trinajstić information content (AvgIpc) is 3.14. The van der Waals surface area contributed by atoms with Crippen LogP contribution in [0.25, 0.3) is 0 Å². The number of ketones is 1. The Balaban J connectivity index is 1.87. The molecule has 0 amide bonds. The van der Waals surface area contributed by atoms with Crippen molar-refractivity contribution in [3.8, 4) is 0 Å². The van der Waals surface area contributed by atoms with E-state index in [4.69, 9.17) is 9.26 Å². The molecular weight excluding hydrogens is 288 g/mol. The van der Waals surface area contributed by atoms with E-state index in [9.17, 15) is 4.79 Å². The molecule has 2 heterocycles. The minimum Gasteiger partial charge on any atom is -0.366 e. The molecule has 0 aliphatic carbocycles. The molecule has 1 aliphatic rings. The third-order valence-electron chi connectivity index (χ3n) is 3.34. The van der Waals surface area contributed by atoms with Gasteiger partial charge >= 0.3 is 0 Å². The molecule has 1 fully saturated rings. The van der Waals surface area contributed by atoms with Crippen molar-refractivity contribution in [2.24, 2.45) is 0 Å². The maximum absolute atomic E-state index is 11.8. The predicted octanol–water partition coefficient (Wildman–Crippen LogP) is 2.60. The Morgan fingerprint density at radius 1 is 1.43 bits per heavy atom. The Hall–Kier alpha value is -1.66. The molecule has 1 saturated heterocycles. The summed E-state index contributed by atoms with van der Waals surface area (Å²) in [6.07, 6.45) is -0.363. The summed E-state index contributed by atoms with van der Waals surface area (Å²) >= 11 is 1.60. The van der Waals surface area contributed by atoms with Crippen LogP contribution in [-0.4, -0.2) is 34.0 Å². The second-order valence-corrected chi connectivity index (χ2v) is 5.80. The topological polar surface area (TPSA) is 65.2 Å². The molecule has 6 heteroatoms. The van der Waals surface area contributed by atoms with Gasteiger partial charge in [-0.3, -0.25) is 4.79 Å². The summed E-state index contributed by atoms with van der Waals surface area (Å²) in [5, 5.41) is 4.02. The number of ether oxygens (including phenoxy) is 1. The molecule has 2 unspecified atom stereocenters. The van der Waals surface area contributed by atoms with Crippen LogP contribution in [-0.2, 0) is 9.53 Å². The van der Waals surface area contributed by atoms with Gasteiger partial charge < -0.3 is 9.26 Å². The summed E-state index contributed by atoms with van der Waals surface area (Å²) in [6.45, 7) is 2.47. The van der Waals surface area contributed by atoms with Crippen molar-refractivity contribution in [1.82, 2.24) is 10.1 Å². The first-order chi connectivity index (χ1) is 10.3. The summed E-state index contributed by atoms with van der Waals surface area (Å²) < 4.78 is 11.0. The highest BCUT2D eigenvalue weighted by molar-refractivity contribution is 8.00. The Morgan fingerprint density at radius 3 is 2.90 bits per heavy atom. The number of aromatic nitrogens is 2. The van der Waals surface area contributed by atoms with Gasteiger partial charge in [-0.25, -0.2) is 0 Å². The largest absolute Gasteiger partial charge is 0.366 e. The van der Waals surface area contributed by atoms with Crippen molar-refractivity contribution in [3.05, 3.63) is 47.6 Å². The Kier molecular flexibility index (Phi) is 4.36. The molecular formula is C15H16N2O3S. The van der Waals surface area contributed by atoms with Crippen molar-refractivity contribution < 1.29 is 14.1 Å². The first kappa shape index (κ1) is 14.3. The number of carbonyl (C=O) groups excluding carboxylic acids is 1. The van der Waals surface area contributed by atoms with Gasteiger partial charge in [0.2, 0.25) is 11.7 Å². The summed E-state index contributed by atoms with van der Waals surface area (Å²) in [4.78, 5) is 16.2. The summed E-state index contributed by atoms with van der Waals surface area (Å²) in [7, 11) is 0. The zero-order valence-corrected chi connectivity index (χ0v) is 12.5. The summed E-state index contributed by atoms with van der Waals surface area (Å²) in [5.74, 6) is 2.00. The molecule has 3 rings (SSSR count). The van der Waals surface area contributed by atoms with Crippen LogP contribution in [0, 0.1) is 0 Å². The molecule has 2 atom stereocenters. The zero-order valence-electron chi connectivity index (χ0n) is 11.7. The molecule has 0 N–H and O–H groups in total. The van der Waals surface area contributed by atoms with Gasteiger partial charge in [0.15, 0.2) is 5.78 Å². The Morgan fingerprint density at radius 2 is 2.24 bits per heavy atom. The lowest BCUT2D eigenvalue weighted by Crippen LogP contribution is -2.11. The first-order valence-corrected chi connectivity index (χ1v) is 8.05. The fraction of sp³-hybridized carbons (Fsp3) is 0.400. The third kappa shape index (κ3) is 3.01. The molecule has 1 aliphatic heterocycles. The molecule has 0 saturated carbocycles. The summed E-state index contributed by atoms with van der Waals surface area (Å²) in [5.41, 5.74) is 0.971. The lowest BCUT2D eigenvalue weighted by Gasteiger charge is -2.13. The van der Waals surface area contributed by atoms with Crippen LogP contribution >= 0.6 is 11.8 Å². The van der Waals surface area contributed by atoms with Crippen molar-refractivity contribution in [1.29, 1.82) is 0 Å². The number of hydrogen-bond acceptors (Lipinski definition) is 6. The van der Waals surface area contributed by atoms with E-state index in [1.54, 1.807) is 11.8 Å². The smallest absolute Gasteiger partial charge is 0.238 e. The Bertz CT molecular complexity index is 614. The number of carbonyl (C=O) groups is 1. The number of nitrogens with zero attached hydrogens (tertiary/aromatic N) is 2. The second-order valence-electron chi connectivity index (χ2n) is 4.77. The number of rotatable bonds is 5. The highest BCUT2D eigenvalue weighted by atomic mass is 32.2. The maximum Gasteiger partial charge on any atom is 0.238 e. The highest BCUT2D eigenvalue weighted by Gasteiger charge is 2.32. The van der Waals surface area contributed by atoms with Gasteiger partial charge in [0.05, 0.1) is 5.75 Å². The van der Waals surface area contributed by atoms with E-state index in [0.29, 0.717) is 29.8 Å². The van der Waals surface area contributed by atoms with E-state index in [-0.39, 0.29) is 17.8 Å². The van der Waals surface area contributed by atoms with Crippen LogP contribution in [0.4, 0.5) is 0 Å². The number of thioether (sulfide) groups is 1. The predicted molar refractivity (Wildman–Crippen MR) is 79.3 cm³/mol. The van der Waals surface area contributed by atoms with E-state index < -0.39 is 0 Å². The Labute approximate surface area is 127 Å². The molecule has 1 aromatic heterocycles. The SMILES string of the molecule is CCOC(c1ccccc1)c1noc(C2CSCC2=O)n1. The van der Waals surface area contributed by atoms with Crippen LogP contribution in [0.15, 0.2) is 34.9 Å². The van der Waals surface area contributed by atoms with Crippen molar-refractivity contribution in [3.63, 3.8) is 0 Å². The van der Waals surface area contributed by atoms with Gasteiger partial charge in [-0.1, -0.05) is 35.5 Å². The van der Waals surface area contributed by atoms with Gasteiger partial charge in [0, 0.05) is 12.4 Å². The zero-order chi connectivity index (χ0) is 14.7. The first-order valence-electron chi connectivity index (χ1n) is 6.90. The van der Waals surface area contributed by atoms with Crippen LogP contribution in [0.5, 0.6) is 0 Å². The summed E-state index contributed by atoms with van der Waals surface area (Å²) in [6, 6.07) is 9.77. The highest BCUT2D eigenvalue weighted by Crippen LogP contribution is 2.30. The van der Waals surface area contributed by atoms with Gasteiger partial charge in [0.25, 0.3) is 0 Å². The molecule has 0 spiro atoms. The number of Topliss-reactive ketones (excluding diaryl/α,β-unsaturated/α-hetero) is 1. The molecule has 0 bridgehead atoms. The normalized spacial score (nSPS) is 19.9. The van der Waals surface area contributed by atoms with Gasteiger partial charge in [-0.05, 0) is 12.5 Å². The monoisotopic (exact) mass is 304 g/mol. The van der Waals surface area contributed by atoms with Crippen molar-refractivity contribution in [2.75, 3.05) is 18.1 Å². The standard InChI is InChI=1S/C15H16N2O3S/c1-2-19-13(10-6-4-3-5-7-10)14-16-15(20-17-14)11-8-21-9-12(11)18/h3-7,11,13H,2,8-9H2,1H3. The van der Waals surface area contributed by atoms with Gasteiger partial charge in [0.1, 0.15) is 12.0 Å². The van der Waals surface area contributed by atoms with E-state index in [0.717, 1.165) is 5.56 Å². The molecule has 5 nitrogen and oxygen atoms in total. The van der Waals surface area contributed by atoms with E-state index in [1.165, 1.54) is 0 Å². The maximum atomic E-state index is 11.8. The van der Waals surface area contributed by atoms with Crippen LogP contribution in [0.1, 0.15) is 36.2 Å². The van der Waals surface area contributed by atoms with Crippen molar-refractivity contribution >= 4 is 17.5 Å². The van der Waals surface area contributed by atoms with Crippen molar-refractivity contribution in [2.45, 2.75) is 18.9 Å². The van der Waals surface area contributed by atoms with Gasteiger partial charge in [-0.15, -0.1) is 0 Å². The van der Waals surface area contributed by atoms with Crippen LogP contribution < -0.4 is 0 Å². The minimum absolute atomic E-state index is 0.155. The fourth-order valence-corrected chi connectivity index (χ4v) is 3.37. The lowest BCUT2D eigenvalue weighted by atomic mass is 10.1. The average molecular weight is 304 g/mol. The molecule has 110 valence electrons. The molecule has 21 heavy (non-hydrogen) atoms. The van der Waals surface area contributed by atoms with E-state index >= 15 is 0 Å². The minimum atomic E-state index is -0.363. The van der Waals surface area contributed by atoms with Crippen LogP contribution in [0.2, 0.25) is 0 Å². The molecule has 2 aromatic rings. The molecule has 0 radical (unpaired) electrons. The van der Waals surface area contributed by atoms with E-state index in [2.05, 4.69) is 10.1 Å². The van der Waals surface area contributed by atoms with Gasteiger partial charge in [-0.2, -0.15) is 16.7 Å². The fourth-order valence-electron chi connectivity index (χ4n) is 2.29. The number of hydrogen-bond donors (Lipinski definition) is 0. The molecule has 1 aromatic carbocycles. The quantitative estimate of drug-likeness (QED) is 0.846. The van der Waals surface area contributed by atoms with E-state index in [1.807, 2.05) is 37.3 Å². The lowest BCUT2D eigenvalue weighted by molar-refractivity contribution is -0.117. The number of benzene rings is 1. The van der Waals surface area contributed by atoms with Crippen LogP contribution in [0.3, 0.4) is 0 Å². The second kappa shape index (κ2) is 6.41.